The molecule has 152 valence electrons. The van der Waals surface area contributed by atoms with Crippen LogP contribution in [0, 0.1) is 17.1 Å². The molecule has 0 saturated carbocycles. The Balaban J connectivity index is 1.54. The number of imidazole rings is 1. The van der Waals surface area contributed by atoms with E-state index >= 15 is 0 Å². The number of anilines is 1. The molecule has 2 aromatic carbocycles. The maximum absolute atomic E-state index is 13.9. The molecule has 0 bridgehead atoms. The Morgan fingerprint density at radius 3 is 2.90 bits per heavy atom. The summed E-state index contributed by atoms with van der Waals surface area (Å²) in [6.07, 6.45) is 4.20. The maximum atomic E-state index is 13.9. The molecule has 6 nitrogen and oxygen atoms in total. The highest BCUT2D eigenvalue weighted by Gasteiger charge is 2.26. The first-order valence-corrected chi connectivity index (χ1v) is 9.79. The van der Waals surface area contributed by atoms with Gasteiger partial charge in [-0.15, -0.1) is 0 Å². The molecule has 0 spiro atoms. The highest BCUT2D eigenvalue weighted by Crippen LogP contribution is 2.29. The van der Waals surface area contributed by atoms with Gasteiger partial charge >= 0.3 is 0 Å². The van der Waals surface area contributed by atoms with Crippen molar-refractivity contribution < 1.29 is 9.18 Å². The number of carbonyl (C=O) groups is 1. The zero-order valence-electron chi connectivity index (χ0n) is 16.7. The fourth-order valence-electron chi connectivity index (χ4n) is 3.89. The van der Waals surface area contributed by atoms with Gasteiger partial charge in [0.25, 0.3) is 0 Å². The first-order valence-electron chi connectivity index (χ1n) is 9.79. The standard InChI is InChI=1S/C23H22FN5O/c1-28-15-26-12-20(28)14-29-13-19(9-18-8-16(11-25)6-7-22(18)29)27-23(30)10-17-4-2-3-5-21(17)24/h2-8,12,15,19H,9-10,13-14H2,1H3,(H,27,30). The molecule has 1 aliphatic heterocycles. The molecule has 7 heteroatoms. The van der Waals surface area contributed by atoms with Crippen LogP contribution in [0.4, 0.5) is 10.1 Å². The number of amides is 1. The van der Waals surface area contributed by atoms with Crippen molar-refractivity contribution in [1.29, 1.82) is 5.26 Å². The molecule has 0 saturated heterocycles. The van der Waals surface area contributed by atoms with Crippen molar-refractivity contribution in [3.63, 3.8) is 0 Å². The number of rotatable bonds is 5. The van der Waals surface area contributed by atoms with Gasteiger partial charge in [0.15, 0.2) is 0 Å². The van der Waals surface area contributed by atoms with Crippen LogP contribution in [0.2, 0.25) is 0 Å². The third-order valence-corrected chi connectivity index (χ3v) is 5.40. The normalized spacial score (nSPS) is 15.4. The van der Waals surface area contributed by atoms with Crippen LogP contribution in [0.15, 0.2) is 55.0 Å². The largest absolute Gasteiger partial charge is 0.363 e. The van der Waals surface area contributed by atoms with E-state index in [1.54, 1.807) is 24.5 Å². The molecule has 0 fully saturated rings. The average molecular weight is 403 g/mol. The minimum absolute atomic E-state index is 0.00397. The summed E-state index contributed by atoms with van der Waals surface area (Å²) in [6, 6.07) is 14.0. The Hall–Kier alpha value is -3.66. The van der Waals surface area contributed by atoms with Crippen LogP contribution in [0.5, 0.6) is 0 Å². The number of nitriles is 1. The molecule has 2 heterocycles. The molecule has 1 aliphatic rings. The maximum Gasteiger partial charge on any atom is 0.224 e. The number of fused-ring (bicyclic) bond motifs is 1. The van der Waals surface area contributed by atoms with Gasteiger partial charge in [-0.3, -0.25) is 4.79 Å². The molecule has 3 aromatic rings. The first kappa shape index (κ1) is 19.6. The van der Waals surface area contributed by atoms with E-state index in [4.69, 9.17) is 0 Å². The summed E-state index contributed by atoms with van der Waals surface area (Å²) in [4.78, 5) is 18.9. The van der Waals surface area contributed by atoms with Gasteiger partial charge < -0.3 is 14.8 Å². The first-order chi connectivity index (χ1) is 14.5. The van der Waals surface area contributed by atoms with E-state index in [1.165, 1.54) is 6.07 Å². The molecule has 1 N–H and O–H groups in total. The van der Waals surface area contributed by atoms with Crippen molar-refractivity contribution >= 4 is 11.6 Å². The van der Waals surface area contributed by atoms with Crippen molar-refractivity contribution in [3.8, 4) is 6.07 Å². The number of nitrogens with one attached hydrogen (secondary N) is 1. The van der Waals surface area contributed by atoms with Crippen molar-refractivity contribution in [3.05, 3.63) is 83.2 Å². The zero-order valence-corrected chi connectivity index (χ0v) is 16.7. The second kappa shape index (κ2) is 8.37. The average Bonchev–Trinajstić information content (AvgIpc) is 3.13. The van der Waals surface area contributed by atoms with Crippen LogP contribution in [0.25, 0.3) is 0 Å². The van der Waals surface area contributed by atoms with E-state index in [9.17, 15) is 14.4 Å². The van der Waals surface area contributed by atoms with E-state index in [2.05, 4.69) is 21.3 Å². The van der Waals surface area contributed by atoms with Crippen molar-refractivity contribution in [2.45, 2.75) is 25.4 Å². The van der Waals surface area contributed by atoms with E-state index in [0.717, 1.165) is 16.9 Å². The number of benzene rings is 2. The van der Waals surface area contributed by atoms with Gasteiger partial charge in [-0.05, 0) is 41.8 Å². The smallest absolute Gasteiger partial charge is 0.224 e. The summed E-state index contributed by atoms with van der Waals surface area (Å²) < 4.78 is 15.9. The molecule has 1 aromatic heterocycles. The lowest BCUT2D eigenvalue weighted by Gasteiger charge is -2.36. The van der Waals surface area contributed by atoms with Gasteiger partial charge in [0, 0.05) is 25.5 Å². The van der Waals surface area contributed by atoms with Gasteiger partial charge in [-0.25, -0.2) is 9.37 Å². The number of carbonyl (C=O) groups excluding carboxylic acids is 1. The lowest BCUT2D eigenvalue weighted by molar-refractivity contribution is -0.121. The summed E-state index contributed by atoms with van der Waals surface area (Å²) in [5.74, 6) is -0.594. The third-order valence-electron chi connectivity index (χ3n) is 5.40. The lowest BCUT2D eigenvalue weighted by atomic mass is 9.95. The predicted octanol–water partition coefficient (Wildman–Crippen LogP) is 2.72. The van der Waals surface area contributed by atoms with Crippen LogP contribution in [0.1, 0.15) is 22.4 Å². The van der Waals surface area contributed by atoms with E-state index < -0.39 is 0 Å². The van der Waals surface area contributed by atoms with Crippen molar-refractivity contribution in [2.24, 2.45) is 7.05 Å². The van der Waals surface area contributed by atoms with Crippen LogP contribution < -0.4 is 10.2 Å². The number of aryl methyl sites for hydroxylation is 1. The molecular weight excluding hydrogens is 381 g/mol. The number of aromatic nitrogens is 2. The highest BCUT2D eigenvalue weighted by molar-refractivity contribution is 5.79. The quantitative estimate of drug-likeness (QED) is 0.711. The molecule has 30 heavy (non-hydrogen) atoms. The fourth-order valence-corrected chi connectivity index (χ4v) is 3.89. The Morgan fingerprint density at radius 2 is 2.17 bits per heavy atom. The van der Waals surface area contributed by atoms with E-state index in [1.807, 2.05) is 36.0 Å². The number of hydrogen-bond donors (Lipinski definition) is 1. The number of halogens is 1. The molecule has 4 rings (SSSR count). The minimum atomic E-state index is -0.377. The summed E-state index contributed by atoms with van der Waals surface area (Å²) in [5, 5.41) is 12.3. The Morgan fingerprint density at radius 1 is 1.33 bits per heavy atom. The van der Waals surface area contributed by atoms with E-state index in [-0.39, 0.29) is 24.2 Å². The van der Waals surface area contributed by atoms with Crippen LogP contribution in [-0.2, 0) is 31.2 Å². The molecule has 0 aliphatic carbocycles. The van der Waals surface area contributed by atoms with Crippen LogP contribution in [-0.4, -0.2) is 28.0 Å². The van der Waals surface area contributed by atoms with Crippen LogP contribution >= 0.6 is 0 Å². The van der Waals surface area contributed by atoms with Gasteiger partial charge in [0.2, 0.25) is 5.91 Å². The Bertz CT molecular complexity index is 1120. The van der Waals surface area contributed by atoms with Gasteiger partial charge in [-0.1, -0.05) is 18.2 Å². The SMILES string of the molecule is Cn1cncc1CN1CC(NC(=O)Cc2ccccc2F)Cc2cc(C#N)ccc21. The number of nitrogens with zero attached hydrogens (tertiary/aromatic N) is 4. The molecular formula is C23H22FN5O. The third kappa shape index (κ3) is 4.18. The highest BCUT2D eigenvalue weighted by atomic mass is 19.1. The monoisotopic (exact) mass is 403 g/mol. The Labute approximate surface area is 174 Å². The number of hydrogen-bond acceptors (Lipinski definition) is 4. The second-order valence-corrected chi connectivity index (χ2v) is 7.57. The summed E-state index contributed by atoms with van der Waals surface area (Å²) in [5.41, 5.74) is 4.08. The summed E-state index contributed by atoms with van der Waals surface area (Å²) in [6.45, 7) is 1.25. The molecule has 1 atom stereocenters. The van der Waals surface area contributed by atoms with Gasteiger partial charge in [0.1, 0.15) is 5.82 Å². The lowest BCUT2D eigenvalue weighted by Crippen LogP contribution is -2.48. The van der Waals surface area contributed by atoms with Gasteiger partial charge in [0.05, 0.1) is 42.7 Å². The van der Waals surface area contributed by atoms with Crippen molar-refractivity contribution in [1.82, 2.24) is 14.9 Å². The summed E-state index contributed by atoms with van der Waals surface area (Å²) >= 11 is 0. The predicted molar refractivity (Wildman–Crippen MR) is 111 cm³/mol. The molecule has 1 amide bonds. The minimum Gasteiger partial charge on any atom is -0.363 e. The molecule has 0 radical (unpaired) electrons. The Kier molecular flexibility index (Phi) is 5.48. The zero-order chi connectivity index (χ0) is 21.1. The van der Waals surface area contributed by atoms with E-state index in [0.29, 0.717) is 30.6 Å². The second-order valence-electron chi connectivity index (χ2n) is 7.57. The fraction of sp³-hybridized carbons (Fsp3) is 0.261. The van der Waals surface area contributed by atoms with Crippen LogP contribution in [0.3, 0.4) is 0 Å². The summed E-state index contributed by atoms with van der Waals surface area (Å²) in [7, 11) is 1.94. The van der Waals surface area contributed by atoms with Crippen molar-refractivity contribution in [2.75, 3.05) is 11.4 Å². The molecule has 1 unspecified atom stereocenters. The topological polar surface area (TPSA) is 74.0 Å². The van der Waals surface area contributed by atoms with Gasteiger partial charge in [-0.2, -0.15) is 5.26 Å².